The number of hydrogen-bond acceptors (Lipinski definition) is 4. The lowest BCUT2D eigenvalue weighted by Gasteiger charge is -2.15. The van der Waals surface area contributed by atoms with E-state index < -0.39 is 114 Å². The Balaban J connectivity index is 1.09. The third kappa shape index (κ3) is 6.18. The Morgan fingerprint density at radius 3 is 1.74 bits per heavy atom. The summed E-state index contributed by atoms with van der Waals surface area (Å²) in [6.45, 7) is 0. The lowest BCUT2D eigenvalue weighted by molar-refractivity contribution is 1.06. The first-order chi connectivity index (χ1) is 39.8. The molecule has 12 rings (SSSR count). The number of fused-ring (bicyclic) bond motifs is 6. The van der Waals surface area contributed by atoms with Crippen LogP contribution in [0.1, 0.15) is 30.2 Å². The van der Waals surface area contributed by atoms with Gasteiger partial charge in [0.2, 0.25) is 0 Å². The Bertz CT molecular complexity index is 4810. The number of thiophene rings is 1. The first kappa shape index (κ1) is 20.0. The minimum atomic E-state index is -0.713. The fourth-order valence-electron chi connectivity index (χ4n) is 7.47. The van der Waals surface area contributed by atoms with Crippen molar-refractivity contribution in [1.82, 2.24) is 19.5 Å². The van der Waals surface area contributed by atoms with Crippen LogP contribution in [0, 0.1) is 0 Å². The molecule has 5 heteroatoms. The van der Waals surface area contributed by atoms with Crippen LogP contribution in [0.2, 0.25) is 0 Å². The van der Waals surface area contributed by atoms with Crippen molar-refractivity contribution in [3.05, 3.63) is 218 Å². The molecule has 12 aromatic rings. The Hall–Kier alpha value is -7.99. The second kappa shape index (κ2) is 14.9. The van der Waals surface area contributed by atoms with Crippen molar-refractivity contribution in [3.8, 4) is 73.2 Å². The molecule has 0 bridgehead atoms. The lowest BCUT2D eigenvalue weighted by atomic mass is 9.99. The van der Waals surface area contributed by atoms with E-state index >= 15 is 0 Å². The summed E-state index contributed by atoms with van der Waals surface area (Å²) in [6.07, 6.45) is 0. The monoisotopic (exact) mass is 830 g/mol. The third-order valence-electron chi connectivity index (χ3n) is 10.3. The van der Waals surface area contributed by atoms with Crippen molar-refractivity contribution in [2.24, 2.45) is 0 Å². The maximum Gasteiger partial charge on any atom is 0.166 e. The molecule has 0 spiro atoms. The summed E-state index contributed by atoms with van der Waals surface area (Å²) >= 11 is 1.16. The second-order valence-corrected chi connectivity index (χ2v) is 14.9. The Labute approximate surface area is 393 Å². The summed E-state index contributed by atoms with van der Waals surface area (Å²) in [5.74, 6) is 0.0108. The van der Waals surface area contributed by atoms with Gasteiger partial charge >= 0.3 is 0 Å². The average Bonchev–Trinajstić information content (AvgIpc) is 4.13. The number of nitrogens with zero attached hydrogens (tertiary/aromatic N) is 4. The Morgan fingerprint density at radius 2 is 0.968 bits per heavy atom. The van der Waals surface area contributed by atoms with Gasteiger partial charge < -0.3 is 4.57 Å². The van der Waals surface area contributed by atoms with Crippen LogP contribution in [-0.4, -0.2) is 19.5 Å². The number of para-hydroxylation sites is 3. The first-order valence-corrected chi connectivity index (χ1v) is 19.9. The largest absolute Gasteiger partial charge is 0.309 e. The predicted molar refractivity (Wildman–Crippen MR) is 260 cm³/mol. The maximum absolute atomic E-state index is 9.21. The summed E-state index contributed by atoms with van der Waals surface area (Å²) in [4.78, 5) is 14.9. The van der Waals surface area contributed by atoms with E-state index in [4.69, 9.17) is 42.4 Å². The molecular weight excluding hydrogens is 773 g/mol. The molecule has 0 saturated heterocycles. The molecule has 0 aliphatic rings. The molecule has 0 fully saturated rings. The average molecular weight is 831 g/mol. The molecule has 0 radical (unpaired) electrons. The van der Waals surface area contributed by atoms with Crippen molar-refractivity contribution in [3.63, 3.8) is 0 Å². The van der Waals surface area contributed by atoms with Gasteiger partial charge in [-0.2, -0.15) is 0 Å². The molecule has 0 unspecified atom stereocenters. The third-order valence-corrected chi connectivity index (χ3v) is 11.5. The molecule has 9 aromatic carbocycles. The fourth-order valence-corrected chi connectivity index (χ4v) is 8.59. The fraction of sp³-hybridized carbons (Fsp3) is 0. The van der Waals surface area contributed by atoms with Gasteiger partial charge in [-0.15, -0.1) is 11.3 Å². The van der Waals surface area contributed by atoms with E-state index in [-0.39, 0.29) is 103 Å². The molecule has 0 aliphatic heterocycles. The summed E-state index contributed by atoms with van der Waals surface area (Å²) in [6, 6.07) is 10.9. The Morgan fingerprint density at radius 1 is 0.371 bits per heavy atom. The smallest absolute Gasteiger partial charge is 0.166 e. The highest BCUT2D eigenvalue weighted by molar-refractivity contribution is 7.26. The molecule has 3 heterocycles. The van der Waals surface area contributed by atoms with Gasteiger partial charge in [-0.25, -0.2) is 15.0 Å². The standard InChI is InChI=1S/C57H36N4S/c1-2-14-37(15-3-1)38-28-30-39(31-29-38)40-32-34-41(35-33-40)55-58-56(43-17-12-16-42(36-43)44-22-13-23-48-47-20-7-11-27-53(47)62-54(44)48)60-57(59-55)49-21-6-10-26-52(49)61-50-24-8-4-18-45(50)46-19-5-9-25-51(46)61/h1-36H/i1D,2D,3D,4D,5D,7D,8D,9D,13D,14D,15D,18D,19D,20D,23D,24D,25D,27D,28D,29D,30D,31D. The molecule has 4 nitrogen and oxygen atoms in total. The zero-order valence-corrected chi connectivity index (χ0v) is 32.6. The minimum absolute atomic E-state index is 0.00872. The Kier molecular flexibility index (Phi) is 4.83. The molecule has 62 heavy (non-hydrogen) atoms. The quantitative estimate of drug-likeness (QED) is 0.161. The zero-order chi connectivity index (χ0) is 60.1. The number of benzene rings is 9. The van der Waals surface area contributed by atoms with E-state index in [0.29, 0.717) is 31.7 Å². The summed E-state index contributed by atoms with van der Waals surface area (Å²) in [5.41, 5.74) is 0.749. The van der Waals surface area contributed by atoms with Crippen molar-refractivity contribution >= 4 is 53.3 Å². The minimum Gasteiger partial charge on any atom is -0.309 e. The molecule has 0 N–H and O–H groups in total. The summed E-state index contributed by atoms with van der Waals surface area (Å²) < 4.78 is 195. The van der Waals surface area contributed by atoms with Crippen LogP contribution < -0.4 is 0 Å². The second-order valence-electron chi connectivity index (χ2n) is 13.9. The van der Waals surface area contributed by atoms with Gasteiger partial charge in [-0.05, 0) is 69.7 Å². The van der Waals surface area contributed by atoms with Crippen molar-refractivity contribution < 1.29 is 30.2 Å². The van der Waals surface area contributed by atoms with Crippen molar-refractivity contribution in [1.29, 1.82) is 0 Å². The number of aromatic nitrogens is 4. The zero-order valence-electron chi connectivity index (χ0n) is 53.8. The van der Waals surface area contributed by atoms with Crippen LogP contribution in [0.3, 0.4) is 0 Å². The van der Waals surface area contributed by atoms with E-state index in [2.05, 4.69) is 0 Å². The molecule has 0 amide bonds. The van der Waals surface area contributed by atoms with Crippen LogP contribution >= 0.6 is 11.3 Å². The number of hydrogen-bond donors (Lipinski definition) is 0. The summed E-state index contributed by atoms with van der Waals surface area (Å²) in [7, 11) is 0. The molecule has 0 saturated carbocycles. The van der Waals surface area contributed by atoms with Gasteiger partial charge in [0, 0.05) is 47.6 Å². The predicted octanol–water partition coefficient (Wildman–Crippen LogP) is 15.3. The summed E-state index contributed by atoms with van der Waals surface area (Å²) in [5, 5.41) is 0.158. The normalized spacial score (nSPS) is 16.5. The van der Waals surface area contributed by atoms with Crippen LogP contribution in [0.15, 0.2) is 218 Å². The SMILES string of the molecule is [2H]c1cc([2H])c2sc3c(-c4cccc(-c5nc(-c6ccc(-c7c([2H])c([2H])c(-c8c([2H])c([2H])c([2H])c([2H])c8[2H])c([2H])c7[2H])cc6)nc(-c6ccccc6-n6c7c([2H])c([2H])c([2H])c([2H])c7c7c([2H])c([2H])c([2H])c([2H])c76)n5)c4)cc([2H])c([2H])c3c2c1[2H]. The highest BCUT2D eigenvalue weighted by atomic mass is 32.1. The lowest BCUT2D eigenvalue weighted by Crippen LogP contribution is -2.03. The van der Waals surface area contributed by atoms with Crippen LogP contribution in [0.4, 0.5) is 0 Å². The highest BCUT2D eigenvalue weighted by Gasteiger charge is 2.20. The molecular formula is C57H36N4S. The van der Waals surface area contributed by atoms with Gasteiger partial charge in [0.15, 0.2) is 17.5 Å². The van der Waals surface area contributed by atoms with Gasteiger partial charge in [-0.3, -0.25) is 0 Å². The van der Waals surface area contributed by atoms with Gasteiger partial charge in [0.1, 0.15) is 0 Å². The van der Waals surface area contributed by atoms with Crippen LogP contribution in [0.25, 0.3) is 115 Å². The van der Waals surface area contributed by atoms with Gasteiger partial charge in [0.05, 0.1) is 46.9 Å². The first-order valence-electron chi connectivity index (χ1n) is 30.0. The van der Waals surface area contributed by atoms with Crippen molar-refractivity contribution in [2.45, 2.75) is 0 Å². The molecule has 0 aliphatic carbocycles. The number of rotatable bonds is 7. The van der Waals surface area contributed by atoms with Crippen LogP contribution in [-0.2, 0) is 0 Å². The molecule has 0 atom stereocenters. The van der Waals surface area contributed by atoms with Gasteiger partial charge in [-0.1, -0.05) is 182 Å². The van der Waals surface area contributed by atoms with E-state index in [1.807, 2.05) is 0 Å². The topological polar surface area (TPSA) is 43.6 Å². The van der Waals surface area contributed by atoms with Gasteiger partial charge in [0.25, 0.3) is 0 Å². The van der Waals surface area contributed by atoms with E-state index in [1.54, 1.807) is 60.7 Å². The maximum atomic E-state index is 9.21. The van der Waals surface area contributed by atoms with Crippen LogP contribution in [0.5, 0.6) is 0 Å². The molecule has 290 valence electrons. The molecule has 3 aromatic heterocycles. The highest BCUT2D eigenvalue weighted by Crippen LogP contribution is 2.41. The van der Waals surface area contributed by atoms with E-state index in [9.17, 15) is 2.74 Å². The van der Waals surface area contributed by atoms with E-state index in [1.165, 1.54) is 28.8 Å². The van der Waals surface area contributed by atoms with E-state index in [0.717, 1.165) is 11.3 Å². The van der Waals surface area contributed by atoms with Crippen molar-refractivity contribution in [2.75, 3.05) is 0 Å².